The molecule has 0 aliphatic carbocycles. The Morgan fingerprint density at radius 2 is 2.20 bits per heavy atom. The third-order valence-corrected chi connectivity index (χ3v) is 2.20. The second kappa shape index (κ2) is 4.84. The highest BCUT2D eigenvalue weighted by Gasteiger charge is 2.04. The number of nitrogens with zero attached hydrogens (tertiary/aromatic N) is 1. The molecule has 15 heavy (non-hydrogen) atoms. The van der Waals surface area contributed by atoms with Crippen molar-refractivity contribution in [3.8, 4) is 0 Å². The molecule has 1 rings (SSSR count). The third-order valence-electron chi connectivity index (χ3n) is 1.88. The van der Waals surface area contributed by atoms with Crippen LogP contribution in [0, 0.1) is 0 Å². The molecule has 1 amide bonds. The van der Waals surface area contributed by atoms with E-state index >= 15 is 0 Å². The first-order chi connectivity index (χ1) is 7.04. The maximum atomic E-state index is 11.1. The molecular weight excluding hydrogens is 212 g/mol. The van der Waals surface area contributed by atoms with Crippen LogP contribution in [0.3, 0.4) is 0 Å². The van der Waals surface area contributed by atoms with Crippen LogP contribution in [-0.2, 0) is 4.79 Å². The van der Waals surface area contributed by atoms with Gasteiger partial charge in [0.1, 0.15) is 0 Å². The smallest absolute Gasteiger partial charge is 0.247 e. The van der Waals surface area contributed by atoms with Crippen LogP contribution in [0.1, 0.15) is 0 Å². The zero-order valence-corrected chi connectivity index (χ0v) is 9.51. The summed E-state index contributed by atoms with van der Waals surface area (Å²) in [6, 6.07) is 5.30. The Kier molecular flexibility index (Phi) is 3.74. The van der Waals surface area contributed by atoms with E-state index in [0.717, 1.165) is 5.69 Å². The maximum absolute atomic E-state index is 11.1. The minimum Gasteiger partial charge on any atom is -0.376 e. The Balaban J connectivity index is 2.97. The molecule has 0 radical (unpaired) electrons. The lowest BCUT2D eigenvalue weighted by Crippen LogP contribution is -2.11. The Bertz CT molecular complexity index is 388. The Morgan fingerprint density at radius 3 is 2.73 bits per heavy atom. The molecule has 1 N–H and O–H groups in total. The van der Waals surface area contributed by atoms with Gasteiger partial charge >= 0.3 is 0 Å². The van der Waals surface area contributed by atoms with Gasteiger partial charge in [0.15, 0.2) is 0 Å². The van der Waals surface area contributed by atoms with Crippen molar-refractivity contribution in [3.63, 3.8) is 0 Å². The standard InChI is InChI=1S/C11H13ClN2O/c1-4-11(15)13-8-5-6-9(12)10(7-8)14(2)3/h4-7H,1H2,2-3H3,(H,13,15). The number of nitrogens with one attached hydrogen (secondary N) is 1. The summed E-state index contributed by atoms with van der Waals surface area (Å²) in [4.78, 5) is 13.0. The predicted octanol–water partition coefficient (Wildman–Crippen LogP) is 2.53. The molecule has 0 aliphatic heterocycles. The van der Waals surface area contributed by atoms with E-state index in [2.05, 4.69) is 11.9 Å². The van der Waals surface area contributed by atoms with Crippen molar-refractivity contribution in [1.82, 2.24) is 0 Å². The van der Waals surface area contributed by atoms with Gasteiger partial charge in [0.2, 0.25) is 5.91 Å². The SMILES string of the molecule is C=CC(=O)Nc1ccc(Cl)c(N(C)C)c1. The van der Waals surface area contributed by atoms with Crippen molar-refractivity contribution in [3.05, 3.63) is 35.9 Å². The zero-order chi connectivity index (χ0) is 11.4. The van der Waals surface area contributed by atoms with E-state index in [-0.39, 0.29) is 5.91 Å². The fourth-order valence-corrected chi connectivity index (χ4v) is 1.41. The summed E-state index contributed by atoms with van der Waals surface area (Å²) in [7, 11) is 3.78. The van der Waals surface area contributed by atoms with Crippen LogP contribution in [0.25, 0.3) is 0 Å². The van der Waals surface area contributed by atoms with Gasteiger partial charge in [-0.05, 0) is 24.3 Å². The molecule has 0 saturated carbocycles. The van der Waals surface area contributed by atoms with E-state index in [1.807, 2.05) is 25.1 Å². The quantitative estimate of drug-likeness (QED) is 0.801. The molecule has 0 unspecified atom stereocenters. The van der Waals surface area contributed by atoms with Crippen LogP contribution in [0.4, 0.5) is 11.4 Å². The fourth-order valence-electron chi connectivity index (χ4n) is 1.13. The van der Waals surface area contributed by atoms with Crippen LogP contribution in [0.2, 0.25) is 5.02 Å². The first-order valence-electron chi connectivity index (χ1n) is 4.45. The first-order valence-corrected chi connectivity index (χ1v) is 4.82. The second-order valence-corrected chi connectivity index (χ2v) is 3.66. The number of amides is 1. The summed E-state index contributed by atoms with van der Waals surface area (Å²) in [5.74, 6) is -0.234. The number of rotatable bonds is 3. The highest BCUT2D eigenvalue weighted by Crippen LogP contribution is 2.27. The highest BCUT2D eigenvalue weighted by atomic mass is 35.5. The average molecular weight is 225 g/mol. The van der Waals surface area contributed by atoms with Gasteiger partial charge in [-0.3, -0.25) is 4.79 Å². The number of hydrogen-bond acceptors (Lipinski definition) is 2. The van der Waals surface area contributed by atoms with E-state index < -0.39 is 0 Å². The van der Waals surface area contributed by atoms with E-state index in [0.29, 0.717) is 10.7 Å². The topological polar surface area (TPSA) is 32.3 Å². The molecule has 0 fully saturated rings. The number of carbonyl (C=O) groups is 1. The van der Waals surface area contributed by atoms with Crippen LogP contribution < -0.4 is 10.2 Å². The van der Waals surface area contributed by atoms with Gasteiger partial charge in [0.25, 0.3) is 0 Å². The normalized spacial score (nSPS) is 9.53. The minimum absolute atomic E-state index is 0.234. The zero-order valence-electron chi connectivity index (χ0n) is 8.75. The van der Waals surface area contributed by atoms with Crippen LogP contribution >= 0.6 is 11.6 Å². The van der Waals surface area contributed by atoms with Crippen molar-refractivity contribution in [1.29, 1.82) is 0 Å². The van der Waals surface area contributed by atoms with Crippen LogP contribution in [0.5, 0.6) is 0 Å². The number of benzene rings is 1. The third kappa shape index (κ3) is 2.99. The monoisotopic (exact) mass is 224 g/mol. The van der Waals surface area contributed by atoms with Gasteiger partial charge < -0.3 is 10.2 Å². The number of anilines is 2. The molecule has 4 heteroatoms. The first kappa shape index (κ1) is 11.6. The maximum Gasteiger partial charge on any atom is 0.247 e. The van der Waals surface area contributed by atoms with Crippen molar-refractivity contribution >= 4 is 28.9 Å². The number of carbonyl (C=O) groups excluding carboxylic acids is 1. The minimum atomic E-state index is -0.234. The van der Waals surface area contributed by atoms with Gasteiger partial charge in [0, 0.05) is 19.8 Å². The van der Waals surface area contributed by atoms with Gasteiger partial charge in [-0.15, -0.1) is 0 Å². The second-order valence-electron chi connectivity index (χ2n) is 3.25. The Hall–Kier alpha value is -1.48. The van der Waals surface area contributed by atoms with E-state index in [9.17, 15) is 4.79 Å². The summed E-state index contributed by atoms with van der Waals surface area (Å²) in [5, 5.41) is 3.32. The van der Waals surface area contributed by atoms with Crippen LogP contribution in [0.15, 0.2) is 30.9 Å². The van der Waals surface area contributed by atoms with Crippen LogP contribution in [-0.4, -0.2) is 20.0 Å². The lowest BCUT2D eigenvalue weighted by atomic mass is 10.2. The molecule has 1 aromatic carbocycles. The average Bonchev–Trinajstić information content (AvgIpc) is 2.20. The van der Waals surface area contributed by atoms with Gasteiger partial charge in [-0.1, -0.05) is 18.2 Å². The molecule has 0 saturated heterocycles. The summed E-state index contributed by atoms with van der Waals surface area (Å²) in [6.07, 6.45) is 1.23. The molecule has 0 bridgehead atoms. The Labute approximate surface area is 94.3 Å². The summed E-state index contributed by atoms with van der Waals surface area (Å²) in [5.41, 5.74) is 1.56. The largest absolute Gasteiger partial charge is 0.376 e. The van der Waals surface area contributed by atoms with Gasteiger partial charge in [-0.25, -0.2) is 0 Å². The molecule has 0 atom stereocenters. The molecule has 3 nitrogen and oxygen atoms in total. The summed E-state index contributed by atoms with van der Waals surface area (Å²) < 4.78 is 0. The molecule has 1 aromatic rings. The summed E-state index contributed by atoms with van der Waals surface area (Å²) >= 11 is 5.99. The Morgan fingerprint density at radius 1 is 1.53 bits per heavy atom. The predicted molar refractivity (Wildman–Crippen MR) is 64.6 cm³/mol. The highest BCUT2D eigenvalue weighted by molar-refractivity contribution is 6.33. The lowest BCUT2D eigenvalue weighted by Gasteiger charge is -2.15. The van der Waals surface area contributed by atoms with Crippen molar-refractivity contribution in [2.75, 3.05) is 24.3 Å². The van der Waals surface area contributed by atoms with E-state index in [1.54, 1.807) is 12.1 Å². The molecule has 80 valence electrons. The van der Waals surface area contributed by atoms with Gasteiger partial charge in [-0.2, -0.15) is 0 Å². The molecular formula is C11H13ClN2O. The molecule has 0 aliphatic rings. The van der Waals surface area contributed by atoms with Gasteiger partial charge in [0.05, 0.1) is 10.7 Å². The number of hydrogen-bond donors (Lipinski definition) is 1. The number of halogens is 1. The van der Waals surface area contributed by atoms with E-state index in [4.69, 9.17) is 11.6 Å². The summed E-state index contributed by atoms with van der Waals surface area (Å²) in [6.45, 7) is 3.38. The van der Waals surface area contributed by atoms with Crippen molar-refractivity contribution in [2.24, 2.45) is 0 Å². The molecule has 0 heterocycles. The van der Waals surface area contributed by atoms with Crippen molar-refractivity contribution < 1.29 is 4.79 Å². The van der Waals surface area contributed by atoms with Crippen molar-refractivity contribution in [2.45, 2.75) is 0 Å². The van der Waals surface area contributed by atoms with E-state index in [1.165, 1.54) is 6.08 Å². The fraction of sp³-hybridized carbons (Fsp3) is 0.182. The molecule has 0 aromatic heterocycles. The lowest BCUT2D eigenvalue weighted by molar-refractivity contribution is -0.111. The molecule has 0 spiro atoms.